The van der Waals surface area contributed by atoms with Crippen LogP contribution in [0.2, 0.25) is 0 Å². The SMILES string of the molecule is O=C(O)C(Cl)(Cl)C(Cl)CCCCCc1cc2ccccc2[nH]1. The Hall–Kier alpha value is -0.900. The van der Waals surface area contributed by atoms with Crippen LogP contribution in [0.1, 0.15) is 31.4 Å². The number of alkyl halides is 3. The van der Waals surface area contributed by atoms with Gasteiger partial charge in [-0.05, 0) is 36.8 Å². The maximum Gasteiger partial charge on any atom is 0.341 e. The van der Waals surface area contributed by atoms with Gasteiger partial charge in [0.2, 0.25) is 4.33 Å². The van der Waals surface area contributed by atoms with Crippen molar-refractivity contribution in [1.29, 1.82) is 0 Å². The van der Waals surface area contributed by atoms with Crippen LogP contribution in [-0.4, -0.2) is 25.8 Å². The zero-order valence-corrected chi connectivity index (χ0v) is 14.3. The molecule has 3 nitrogen and oxygen atoms in total. The summed E-state index contributed by atoms with van der Waals surface area (Å²) in [5, 5.41) is 9.31. The van der Waals surface area contributed by atoms with Gasteiger partial charge in [0.15, 0.2) is 0 Å². The molecule has 0 fully saturated rings. The Morgan fingerprint density at radius 3 is 2.64 bits per heavy atom. The standard InChI is InChI=1S/C16H18Cl3NO2/c17-14(16(18,19)15(21)22)9-3-1-2-7-12-10-11-6-4-5-8-13(11)20-12/h4-6,8,10,14,20H,1-3,7,9H2,(H,21,22). The Bertz CT molecular complexity index is 606. The zero-order valence-electron chi connectivity index (χ0n) is 12.0. The van der Waals surface area contributed by atoms with E-state index in [0.717, 1.165) is 31.2 Å². The van der Waals surface area contributed by atoms with Gasteiger partial charge in [-0.15, -0.1) is 11.6 Å². The minimum atomic E-state index is -1.92. The van der Waals surface area contributed by atoms with E-state index in [0.29, 0.717) is 6.42 Å². The molecule has 1 aromatic heterocycles. The molecule has 6 heteroatoms. The van der Waals surface area contributed by atoms with E-state index in [1.165, 1.54) is 11.1 Å². The molecule has 0 amide bonds. The normalized spacial score (nSPS) is 13.4. The van der Waals surface area contributed by atoms with Crippen molar-refractivity contribution in [1.82, 2.24) is 4.98 Å². The molecule has 22 heavy (non-hydrogen) atoms. The van der Waals surface area contributed by atoms with Gasteiger partial charge in [0, 0.05) is 11.2 Å². The summed E-state index contributed by atoms with van der Waals surface area (Å²) in [6, 6.07) is 10.3. The molecule has 2 aromatic rings. The number of fused-ring (bicyclic) bond motifs is 1. The van der Waals surface area contributed by atoms with E-state index < -0.39 is 15.7 Å². The summed E-state index contributed by atoms with van der Waals surface area (Å²) in [4.78, 5) is 14.3. The van der Waals surface area contributed by atoms with Crippen molar-refractivity contribution in [2.75, 3.05) is 0 Å². The lowest BCUT2D eigenvalue weighted by atomic mass is 10.1. The smallest absolute Gasteiger partial charge is 0.341 e. The number of unbranched alkanes of at least 4 members (excludes halogenated alkanes) is 2. The average Bonchev–Trinajstić information content (AvgIpc) is 2.89. The number of carboxylic acids is 1. The predicted molar refractivity (Wildman–Crippen MR) is 92.2 cm³/mol. The van der Waals surface area contributed by atoms with Crippen molar-refractivity contribution < 1.29 is 9.90 Å². The van der Waals surface area contributed by atoms with Gasteiger partial charge in [0.05, 0.1) is 5.38 Å². The third-order valence-electron chi connectivity index (χ3n) is 3.67. The highest BCUT2D eigenvalue weighted by Crippen LogP contribution is 2.33. The highest BCUT2D eigenvalue weighted by molar-refractivity contribution is 6.60. The van der Waals surface area contributed by atoms with E-state index in [1.807, 2.05) is 12.1 Å². The first-order valence-corrected chi connectivity index (χ1v) is 8.42. The number of aliphatic carboxylic acids is 1. The number of H-pyrrole nitrogens is 1. The highest BCUT2D eigenvalue weighted by Gasteiger charge is 2.41. The summed E-state index contributed by atoms with van der Waals surface area (Å²) >= 11 is 17.4. The molecule has 0 radical (unpaired) electrons. The molecule has 120 valence electrons. The number of para-hydroxylation sites is 1. The molecule has 1 atom stereocenters. The minimum absolute atomic E-state index is 0.480. The van der Waals surface area contributed by atoms with Crippen molar-refractivity contribution in [2.45, 2.75) is 41.8 Å². The molecule has 1 heterocycles. The van der Waals surface area contributed by atoms with E-state index in [9.17, 15) is 4.79 Å². The number of benzene rings is 1. The van der Waals surface area contributed by atoms with Gasteiger partial charge in [-0.2, -0.15) is 0 Å². The van der Waals surface area contributed by atoms with Gasteiger partial charge in [-0.25, -0.2) is 4.79 Å². The van der Waals surface area contributed by atoms with Gasteiger partial charge in [0.1, 0.15) is 0 Å². The van der Waals surface area contributed by atoms with Crippen LogP contribution in [0.15, 0.2) is 30.3 Å². The molecule has 2 rings (SSSR count). The van der Waals surface area contributed by atoms with E-state index in [2.05, 4.69) is 23.2 Å². The Morgan fingerprint density at radius 2 is 1.95 bits per heavy atom. The summed E-state index contributed by atoms with van der Waals surface area (Å²) in [6.07, 6.45) is 4.17. The van der Waals surface area contributed by atoms with Gasteiger partial charge in [-0.3, -0.25) is 0 Å². The molecule has 1 aromatic carbocycles. The fraction of sp³-hybridized carbons (Fsp3) is 0.438. The maximum atomic E-state index is 10.9. The Balaban J connectivity index is 1.72. The van der Waals surface area contributed by atoms with E-state index in [1.54, 1.807) is 0 Å². The van der Waals surface area contributed by atoms with Crippen LogP contribution in [0.25, 0.3) is 10.9 Å². The molecule has 0 saturated carbocycles. The molecule has 2 N–H and O–H groups in total. The third-order valence-corrected chi connectivity index (χ3v) is 5.29. The monoisotopic (exact) mass is 361 g/mol. The number of nitrogens with one attached hydrogen (secondary N) is 1. The van der Waals surface area contributed by atoms with Gasteiger partial charge in [-0.1, -0.05) is 54.2 Å². The number of carboxylic acid groups (broad SMARTS) is 1. The fourth-order valence-corrected chi connectivity index (χ4v) is 2.87. The van der Waals surface area contributed by atoms with Crippen molar-refractivity contribution in [3.05, 3.63) is 36.0 Å². The number of hydrogen-bond acceptors (Lipinski definition) is 1. The summed E-state index contributed by atoms with van der Waals surface area (Å²) in [7, 11) is 0. The number of aryl methyl sites for hydroxylation is 1. The Kier molecular flexibility index (Phi) is 6.01. The number of halogens is 3. The second-order valence-electron chi connectivity index (χ2n) is 5.38. The van der Waals surface area contributed by atoms with Crippen LogP contribution in [-0.2, 0) is 11.2 Å². The minimum Gasteiger partial charge on any atom is -0.479 e. The summed E-state index contributed by atoms with van der Waals surface area (Å²) in [6.45, 7) is 0. The fourth-order valence-electron chi connectivity index (χ4n) is 2.40. The van der Waals surface area contributed by atoms with E-state index in [4.69, 9.17) is 39.9 Å². The van der Waals surface area contributed by atoms with Gasteiger partial charge < -0.3 is 10.1 Å². The molecular weight excluding hydrogens is 345 g/mol. The molecule has 0 aliphatic carbocycles. The van der Waals surface area contributed by atoms with Crippen LogP contribution < -0.4 is 0 Å². The van der Waals surface area contributed by atoms with Crippen LogP contribution in [0, 0.1) is 0 Å². The van der Waals surface area contributed by atoms with Crippen molar-refractivity contribution in [3.8, 4) is 0 Å². The lowest BCUT2D eigenvalue weighted by Crippen LogP contribution is -2.35. The predicted octanol–water partition coefficient (Wildman–Crippen LogP) is 5.14. The number of aromatic nitrogens is 1. The molecule has 0 aliphatic rings. The molecule has 0 bridgehead atoms. The average molecular weight is 363 g/mol. The first-order valence-electron chi connectivity index (χ1n) is 7.23. The highest BCUT2D eigenvalue weighted by atomic mass is 35.5. The largest absolute Gasteiger partial charge is 0.479 e. The Labute approximate surface area is 144 Å². The number of aromatic amines is 1. The maximum absolute atomic E-state index is 10.9. The van der Waals surface area contributed by atoms with Crippen LogP contribution in [0.5, 0.6) is 0 Å². The van der Waals surface area contributed by atoms with E-state index in [-0.39, 0.29) is 0 Å². The van der Waals surface area contributed by atoms with Crippen LogP contribution in [0.3, 0.4) is 0 Å². The lowest BCUT2D eigenvalue weighted by molar-refractivity contribution is -0.137. The Morgan fingerprint density at radius 1 is 1.23 bits per heavy atom. The molecule has 0 spiro atoms. The number of rotatable bonds is 8. The lowest BCUT2D eigenvalue weighted by Gasteiger charge is -2.20. The first-order chi connectivity index (χ1) is 10.4. The van der Waals surface area contributed by atoms with Crippen molar-refractivity contribution >= 4 is 51.7 Å². The zero-order chi connectivity index (χ0) is 16.2. The van der Waals surface area contributed by atoms with Gasteiger partial charge >= 0.3 is 5.97 Å². The first kappa shape index (κ1) is 17.5. The molecule has 1 unspecified atom stereocenters. The summed E-state index contributed by atoms with van der Waals surface area (Å²) in [5.41, 5.74) is 2.35. The quantitative estimate of drug-likeness (QED) is 0.505. The number of hydrogen-bond donors (Lipinski definition) is 2. The van der Waals surface area contributed by atoms with E-state index >= 15 is 0 Å². The van der Waals surface area contributed by atoms with Crippen LogP contribution in [0.4, 0.5) is 0 Å². The second-order valence-corrected chi connectivity index (χ2v) is 7.29. The van der Waals surface area contributed by atoms with Crippen molar-refractivity contribution in [3.63, 3.8) is 0 Å². The summed E-state index contributed by atoms with van der Waals surface area (Å²) in [5.74, 6) is -1.30. The van der Waals surface area contributed by atoms with Crippen molar-refractivity contribution in [2.24, 2.45) is 0 Å². The van der Waals surface area contributed by atoms with Gasteiger partial charge in [0.25, 0.3) is 0 Å². The topological polar surface area (TPSA) is 53.1 Å². The third kappa shape index (κ3) is 4.31. The molecule has 0 saturated heterocycles. The second kappa shape index (κ2) is 7.58. The molecular formula is C16H18Cl3NO2. The summed E-state index contributed by atoms with van der Waals surface area (Å²) < 4.78 is -1.92. The molecule has 0 aliphatic heterocycles. The van der Waals surface area contributed by atoms with Crippen LogP contribution >= 0.6 is 34.8 Å². The number of carbonyl (C=O) groups is 1.